The zero-order valence-corrected chi connectivity index (χ0v) is 6.56. The van der Waals surface area contributed by atoms with Crippen LogP contribution in [-0.2, 0) is 6.18 Å². The molecule has 0 aliphatic carbocycles. The topological polar surface area (TPSA) is 44.0 Å². The van der Waals surface area contributed by atoms with Crippen LogP contribution in [0, 0.1) is 17.1 Å². The Labute approximate surface area is 76.0 Å². The van der Waals surface area contributed by atoms with Crippen molar-refractivity contribution in [1.29, 1.82) is 5.26 Å². The van der Waals surface area contributed by atoms with Gasteiger partial charge in [0.05, 0.1) is 11.1 Å². The average Bonchev–Trinajstić information content (AvgIpc) is 2.02. The number of benzene rings is 1. The van der Waals surface area contributed by atoms with Crippen LogP contribution in [-0.4, -0.2) is 5.11 Å². The maximum absolute atomic E-state index is 12.7. The van der Waals surface area contributed by atoms with Crippen molar-refractivity contribution >= 4 is 0 Å². The number of hydrogen-bond acceptors (Lipinski definition) is 2. The summed E-state index contributed by atoms with van der Waals surface area (Å²) in [5.41, 5.74) is -2.18. The predicted molar refractivity (Wildman–Crippen MR) is 37.8 cm³/mol. The lowest BCUT2D eigenvalue weighted by atomic mass is 10.1. The summed E-state index contributed by atoms with van der Waals surface area (Å²) in [4.78, 5) is 0. The Kier molecular flexibility index (Phi) is 2.34. The third kappa shape index (κ3) is 1.76. The molecule has 2 nitrogen and oxygen atoms in total. The lowest BCUT2D eigenvalue weighted by Gasteiger charge is -2.08. The predicted octanol–water partition coefficient (Wildman–Crippen LogP) is 2.42. The number of rotatable bonds is 0. The van der Waals surface area contributed by atoms with Crippen molar-refractivity contribution in [2.24, 2.45) is 0 Å². The quantitative estimate of drug-likeness (QED) is 0.661. The van der Waals surface area contributed by atoms with E-state index in [1.807, 2.05) is 0 Å². The molecular weight excluding hydrogens is 202 g/mol. The molecule has 0 saturated heterocycles. The van der Waals surface area contributed by atoms with Gasteiger partial charge in [0.2, 0.25) is 0 Å². The normalized spacial score (nSPS) is 11.1. The first kappa shape index (κ1) is 10.3. The number of phenolic OH excluding ortho intramolecular Hbond substituents is 1. The van der Waals surface area contributed by atoms with E-state index in [0.29, 0.717) is 0 Å². The van der Waals surface area contributed by atoms with Gasteiger partial charge in [-0.25, -0.2) is 4.39 Å². The molecule has 0 radical (unpaired) electrons. The van der Waals surface area contributed by atoms with E-state index in [1.54, 1.807) is 0 Å². The Bertz CT molecular complexity index is 405. The molecular formula is C8H3F4NO. The highest BCUT2D eigenvalue weighted by molar-refractivity contribution is 5.45. The van der Waals surface area contributed by atoms with E-state index < -0.39 is 28.9 Å². The fraction of sp³-hybridized carbons (Fsp3) is 0.125. The minimum Gasteiger partial charge on any atom is -0.506 e. The maximum Gasteiger partial charge on any atom is 0.419 e. The van der Waals surface area contributed by atoms with Gasteiger partial charge >= 0.3 is 6.18 Å². The van der Waals surface area contributed by atoms with E-state index in [0.717, 1.165) is 0 Å². The van der Waals surface area contributed by atoms with Crippen LogP contribution in [0.15, 0.2) is 12.1 Å². The van der Waals surface area contributed by atoms with Gasteiger partial charge in [-0.1, -0.05) is 0 Å². The molecule has 1 N–H and O–H groups in total. The van der Waals surface area contributed by atoms with E-state index in [2.05, 4.69) is 0 Å². The third-order valence-corrected chi connectivity index (χ3v) is 1.51. The van der Waals surface area contributed by atoms with Crippen molar-refractivity contribution in [2.75, 3.05) is 0 Å². The minimum atomic E-state index is -4.87. The van der Waals surface area contributed by atoms with E-state index in [-0.39, 0.29) is 12.1 Å². The Hall–Kier alpha value is -1.77. The van der Waals surface area contributed by atoms with Crippen molar-refractivity contribution in [3.05, 3.63) is 29.1 Å². The Balaban J connectivity index is 3.41. The molecule has 0 bridgehead atoms. The van der Waals surface area contributed by atoms with Gasteiger partial charge < -0.3 is 5.11 Å². The molecule has 14 heavy (non-hydrogen) atoms. The monoisotopic (exact) mass is 205 g/mol. The highest BCUT2D eigenvalue weighted by Crippen LogP contribution is 2.34. The number of nitrogens with zero attached hydrogens (tertiary/aromatic N) is 1. The molecule has 0 saturated carbocycles. The third-order valence-electron chi connectivity index (χ3n) is 1.51. The first-order valence-electron chi connectivity index (χ1n) is 3.36. The highest BCUT2D eigenvalue weighted by Gasteiger charge is 2.35. The summed E-state index contributed by atoms with van der Waals surface area (Å²) in [7, 11) is 0. The molecule has 1 aromatic rings. The first-order chi connectivity index (χ1) is 6.36. The number of halogens is 4. The highest BCUT2D eigenvalue weighted by atomic mass is 19.4. The molecule has 1 rings (SSSR count). The largest absolute Gasteiger partial charge is 0.506 e. The standard InChI is InChI=1S/C8H3F4NO/c9-6-2-7(14)4(3-13)1-5(6)8(10,11)12/h1-2,14H. The molecule has 0 amide bonds. The van der Waals surface area contributed by atoms with Gasteiger partial charge in [0.15, 0.2) is 0 Å². The van der Waals surface area contributed by atoms with Crippen LogP contribution in [0.2, 0.25) is 0 Å². The van der Waals surface area contributed by atoms with Crippen molar-refractivity contribution in [1.82, 2.24) is 0 Å². The summed E-state index contributed by atoms with van der Waals surface area (Å²) >= 11 is 0. The Morgan fingerprint density at radius 2 is 1.86 bits per heavy atom. The second-order valence-electron chi connectivity index (χ2n) is 2.46. The smallest absolute Gasteiger partial charge is 0.419 e. The lowest BCUT2D eigenvalue weighted by molar-refractivity contribution is -0.140. The molecule has 0 fully saturated rings. The van der Waals surface area contributed by atoms with Crippen LogP contribution in [0.1, 0.15) is 11.1 Å². The number of phenols is 1. The summed E-state index contributed by atoms with van der Waals surface area (Å²) in [6, 6.07) is 1.85. The molecule has 0 unspecified atom stereocenters. The van der Waals surface area contributed by atoms with Crippen molar-refractivity contribution in [3.8, 4) is 11.8 Å². The van der Waals surface area contributed by atoms with Crippen molar-refractivity contribution in [2.45, 2.75) is 6.18 Å². The second-order valence-corrected chi connectivity index (χ2v) is 2.46. The fourth-order valence-electron chi connectivity index (χ4n) is 0.870. The zero-order chi connectivity index (χ0) is 10.9. The van der Waals surface area contributed by atoms with E-state index in [9.17, 15) is 17.6 Å². The molecule has 0 atom stereocenters. The Morgan fingerprint density at radius 3 is 2.29 bits per heavy atom. The van der Waals surface area contributed by atoms with Gasteiger partial charge in [0.1, 0.15) is 17.6 Å². The summed E-state index contributed by atoms with van der Waals surface area (Å²) in [5, 5.41) is 17.2. The van der Waals surface area contributed by atoms with E-state index in [1.165, 1.54) is 6.07 Å². The van der Waals surface area contributed by atoms with Gasteiger partial charge in [0, 0.05) is 6.07 Å². The van der Waals surface area contributed by atoms with Crippen LogP contribution in [0.4, 0.5) is 17.6 Å². The number of hydrogen-bond donors (Lipinski definition) is 1. The van der Waals surface area contributed by atoms with Gasteiger partial charge in [0.25, 0.3) is 0 Å². The van der Waals surface area contributed by atoms with E-state index >= 15 is 0 Å². The average molecular weight is 205 g/mol. The SMILES string of the molecule is N#Cc1cc(C(F)(F)F)c(F)cc1O. The molecule has 1 aromatic carbocycles. The summed E-state index contributed by atoms with van der Waals surface area (Å²) in [6.07, 6.45) is -4.87. The zero-order valence-electron chi connectivity index (χ0n) is 6.56. The minimum absolute atomic E-state index is 0.265. The second kappa shape index (κ2) is 3.18. The van der Waals surface area contributed by atoms with Crippen molar-refractivity contribution in [3.63, 3.8) is 0 Å². The summed E-state index contributed by atoms with van der Waals surface area (Å²) in [5.74, 6) is -2.41. The number of alkyl halides is 3. The Morgan fingerprint density at radius 1 is 1.29 bits per heavy atom. The molecule has 74 valence electrons. The summed E-state index contributed by atoms with van der Waals surface area (Å²) in [6.45, 7) is 0. The van der Waals surface area contributed by atoms with Crippen molar-refractivity contribution < 1.29 is 22.7 Å². The van der Waals surface area contributed by atoms with Crippen LogP contribution in [0.3, 0.4) is 0 Å². The van der Waals surface area contributed by atoms with Crippen LogP contribution in [0.5, 0.6) is 5.75 Å². The van der Waals surface area contributed by atoms with Gasteiger partial charge in [-0.15, -0.1) is 0 Å². The van der Waals surface area contributed by atoms with Crippen LogP contribution >= 0.6 is 0 Å². The molecule has 0 aromatic heterocycles. The fourth-order valence-corrected chi connectivity index (χ4v) is 0.870. The number of aromatic hydroxyl groups is 1. The van der Waals surface area contributed by atoms with E-state index in [4.69, 9.17) is 10.4 Å². The first-order valence-corrected chi connectivity index (χ1v) is 3.36. The molecule has 0 aliphatic rings. The van der Waals surface area contributed by atoms with Gasteiger partial charge in [-0.05, 0) is 6.07 Å². The van der Waals surface area contributed by atoms with Gasteiger partial charge in [-0.2, -0.15) is 18.4 Å². The molecule has 6 heteroatoms. The van der Waals surface area contributed by atoms with Crippen LogP contribution in [0.25, 0.3) is 0 Å². The lowest BCUT2D eigenvalue weighted by Crippen LogP contribution is -2.08. The van der Waals surface area contributed by atoms with Gasteiger partial charge in [-0.3, -0.25) is 0 Å². The maximum atomic E-state index is 12.7. The van der Waals surface area contributed by atoms with Crippen LogP contribution < -0.4 is 0 Å². The molecule has 0 heterocycles. The number of nitriles is 1. The summed E-state index contributed by atoms with van der Waals surface area (Å²) < 4.78 is 48.9. The molecule has 0 aliphatic heterocycles. The molecule has 0 spiro atoms.